The number of fused-ring (bicyclic) bond motifs is 1. The molecule has 0 amide bonds. The second-order valence-electron chi connectivity index (χ2n) is 5.22. The summed E-state index contributed by atoms with van der Waals surface area (Å²) in [7, 11) is 0. The third kappa shape index (κ3) is 2.38. The minimum atomic E-state index is 0.319. The van der Waals surface area contributed by atoms with E-state index < -0.39 is 0 Å². The maximum Gasteiger partial charge on any atom is 0.104 e. The molecule has 0 spiro atoms. The fourth-order valence-electron chi connectivity index (χ4n) is 2.84. The van der Waals surface area contributed by atoms with E-state index in [0.29, 0.717) is 17.2 Å². The molecule has 2 heterocycles. The van der Waals surface area contributed by atoms with Crippen molar-refractivity contribution in [2.24, 2.45) is 5.73 Å². The minimum absolute atomic E-state index is 0.319. The quantitative estimate of drug-likeness (QED) is 0.875. The molecule has 1 aromatic heterocycles. The van der Waals surface area contributed by atoms with E-state index in [9.17, 15) is 0 Å². The van der Waals surface area contributed by atoms with E-state index in [1.165, 1.54) is 5.52 Å². The van der Waals surface area contributed by atoms with Crippen LogP contribution in [0.15, 0.2) is 30.5 Å². The molecule has 3 rings (SSSR count). The van der Waals surface area contributed by atoms with Crippen LogP contribution in [0.2, 0.25) is 0 Å². The van der Waals surface area contributed by atoms with Gasteiger partial charge in [-0.05, 0) is 31.9 Å². The van der Waals surface area contributed by atoms with Gasteiger partial charge in [-0.3, -0.25) is 0 Å². The van der Waals surface area contributed by atoms with Crippen LogP contribution in [0.25, 0.3) is 10.9 Å². The minimum Gasteiger partial charge on any atom is -0.389 e. The highest BCUT2D eigenvalue weighted by molar-refractivity contribution is 7.80. The number of nitrogens with zero attached hydrogens (tertiary/aromatic N) is 1. The number of hydrogen-bond donors (Lipinski definition) is 1. The molecule has 0 bridgehead atoms. The van der Waals surface area contributed by atoms with Crippen molar-refractivity contribution in [2.75, 3.05) is 0 Å². The number of thiocarbonyl (C=S) groups is 1. The van der Waals surface area contributed by atoms with Crippen molar-refractivity contribution >= 4 is 28.1 Å². The number of aromatic nitrogens is 1. The molecule has 2 N–H and O–H groups in total. The van der Waals surface area contributed by atoms with Crippen LogP contribution in [0.5, 0.6) is 0 Å². The average molecular weight is 274 g/mol. The molecular weight excluding hydrogens is 256 g/mol. The Morgan fingerprint density at radius 1 is 1.42 bits per heavy atom. The molecule has 0 aliphatic carbocycles. The van der Waals surface area contributed by atoms with Crippen molar-refractivity contribution in [3.8, 4) is 0 Å². The first-order valence-electron chi connectivity index (χ1n) is 6.68. The largest absolute Gasteiger partial charge is 0.389 e. The third-order valence-corrected chi connectivity index (χ3v) is 4.02. The first-order valence-corrected chi connectivity index (χ1v) is 7.09. The molecule has 100 valence electrons. The van der Waals surface area contributed by atoms with Crippen molar-refractivity contribution in [3.63, 3.8) is 0 Å². The summed E-state index contributed by atoms with van der Waals surface area (Å²) < 4.78 is 8.13. The van der Waals surface area contributed by atoms with Crippen LogP contribution in [0.4, 0.5) is 0 Å². The lowest BCUT2D eigenvalue weighted by molar-refractivity contribution is 0.0465. The van der Waals surface area contributed by atoms with Gasteiger partial charge in [0.15, 0.2) is 0 Å². The van der Waals surface area contributed by atoms with Crippen molar-refractivity contribution in [1.82, 2.24) is 4.57 Å². The summed E-state index contributed by atoms with van der Waals surface area (Å²) in [5.41, 5.74) is 7.89. The molecule has 2 unspecified atom stereocenters. The van der Waals surface area contributed by atoms with Crippen LogP contribution in [-0.4, -0.2) is 21.8 Å². The molecule has 0 saturated carbocycles. The molecule has 2 atom stereocenters. The lowest BCUT2D eigenvalue weighted by Crippen LogP contribution is -2.16. The molecule has 3 nitrogen and oxygen atoms in total. The predicted molar refractivity (Wildman–Crippen MR) is 81.4 cm³/mol. The standard InChI is InChI=1S/C15H18N2OS/c1-10-5-6-11(18-10)9-17-8-7-12-13(15(16)19)3-2-4-14(12)17/h2-4,7-8,10-11H,5-6,9H2,1H3,(H2,16,19). The van der Waals surface area contributed by atoms with Crippen LogP contribution < -0.4 is 5.73 Å². The molecule has 0 radical (unpaired) electrons. The number of nitrogens with two attached hydrogens (primary N) is 1. The summed E-state index contributed by atoms with van der Waals surface area (Å²) in [6.45, 7) is 3.04. The first-order chi connectivity index (χ1) is 9.15. The van der Waals surface area contributed by atoms with Gasteiger partial charge in [-0.15, -0.1) is 0 Å². The molecule has 19 heavy (non-hydrogen) atoms. The Balaban J connectivity index is 1.93. The predicted octanol–water partition coefficient (Wildman–Crippen LogP) is 2.84. The average Bonchev–Trinajstić information content (AvgIpc) is 2.97. The van der Waals surface area contributed by atoms with Crippen molar-refractivity contribution in [1.29, 1.82) is 0 Å². The maximum absolute atomic E-state index is 5.89. The summed E-state index contributed by atoms with van der Waals surface area (Å²) >= 11 is 5.10. The topological polar surface area (TPSA) is 40.2 Å². The van der Waals surface area contributed by atoms with Crippen LogP contribution >= 0.6 is 12.2 Å². The SMILES string of the molecule is CC1CCC(Cn2ccc3c(C(N)=S)cccc32)O1. The Hall–Kier alpha value is -1.39. The molecule has 4 heteroatoms. The van der Waals surface area contributed by atoms with Gasteiger partial charge in [-0.1, -0.05) is 24.4 Å². The third-order valence-electron chi connectivity index (χ3n) is 3.80. The van der Waals surface area contributed by atoms with E-state index in [0.717, 1.165) is 30.3 Å². The summed E-state index contributed by atoms with van der Waals surface area (Å²) in [4.78, 5) is 0.453. The fourth-order valence-corrected chi connectivity index (χ4v) is 3.01. The monoisotopic (exact) mass is 274 g/mol. The Labute approximate surface area is 118 Å². The number of rotatable bonds is 3. The van der Waals surface area contributed by atoms with Gasteiger partial charge in [0, 0.05) is 29.2 Å². The summed E-state index contributed by atoms with van der Waals surface area (Å²) in [6.07, 6.45) is 5.09. The van der Waals surface area contributed by atoms with E-state index in [2.05, 4.69) is 29.8 Å². The zero-order valence-corrected chi connectivity index (χ0v) is 11.8. The van der Waals surface area contributed by atoms with Crippen molar-refractivity contribution in [2.45, 2.75) is 38.5 Å². The second kappa shape index (κ2) is 4.94. The number of benzene rings is 1. The van der Waals surface area contributed by atoms with Crippen LogP contribution in [0.3, 0.4) is 0 Å². The van der Waals surface area contributed by atoms with E-state index in [-0.39, 0.29) is 0 Å². The normalized spacial score (nSPS) is 23.0. The smallest absolute Gasteiger partial charge is 0.104 e. The number of hydrogen-bond acceptors (Lipinski definition) is 2. The molecular formula is C15H18N2OS. The highest BCUT2D eigenvalue weighted by atomic mass is 32.1. The second-order valence-corrected chi connectivity index (χ2v) is 5.66. The van der Waals surface area contributed by atoms with E-state index in [1.807, 2.05) is 12.1 Å². The van der Waals surface area contributed by atoms with Gasteiger partial charge in [-0.25, -0.2) is 0 Å². The van der Waals surface area contributed by atoms with Gasteiger partial charge in [0.2, 0.25) is 0 Å². The Bertz CT molecular complexity index is 620. The van der Waals surface area contributed by atoms with Crippen LogP contribution in [0, 0.1) is 0 Å². The maximum atomic E-state index is 5.89. The van der Waals surface area contributed by atoms with Gasteiger partial charge in [0.25, 0.3) is 0 Å². The fraction of sp³-hybridized carbons (Fsp3) is 0.400. The molecule has 1 aliphatic heterocycles. The Morgan fingerprint density at radius 3 is 2.95 bits per heavy atom. The highest BCUT2D eigenvalue weighted by Gasteiger charge is 2.22. The lowest BCUT2D eigenvalue weighted by atomic mass is 10.1. The Kier molecular flexibility index (Phi) is 3.29. The van der Waals surface area contributed by atoms with E-state index in [4.69, 9.17) is 22.7 Å². The zero-order chi connectivity index (χ0) is 13.4. The van der Waals surface area contributed by atoms with Crippen LogP contribution in [-0.2, 0) is 11.3 Å². The summed E-state index contributed by atoms with van der Waals surface area (Å²) in [5, 5.41) is 1.13. The highest BCUT2D eigenvalue weighted by Crippen LogP contribution is 2.24. The number of ether oxygens (including phenoxy) is 1. The molecule has 2 aromatic rings. The summed E-state index contributed by atoms with van der Waals surface area (Å²) in [5.74, 6) is 0. The van der Waals surface area contributed by atoms with Gasteiger partial charge in [-0.2, -0.15) is 0 Å². The van der Waals surface area contributed by atoms with Crippen LogP contribution in [0.1, 0.15) is 25.3 Å². The van der Waals surface area contributed by atoms with Gasteiger partial charge in [0.1, 0.15) is 4.99 Å². The van der Waals surface area contributed by atoms with E-state index >= 15 is 0 Å². The molecule has 1 aliphatic rings. The Morgan fingerprint density at radius 2 is 2.26 bits per heavy atom. The summed E-state index contributed by atoms with van der Waals surface area (Å²) in [6, 6.07) is 8.17. The van der Waals surface area contributed by atoms with Crippen molar-refractivity contribution < 1.29 is 4.74 Å². The van der Waals surface area contributed by atoms with E-state index in [1.54, 1.807) is 0 Å². The molecule has 1 aromatic carbocycles. The van der Waals surface area contributed by atoms with Crippen molar-refractivity contribution in [3.05, 3.63) is 36.0 Å². The first kappa shape index (κ1) is 12.6. The molecule has 1 saturated heterocycles. The zero-order valence-electron chi connectivity index (χ0n) is 11.0. The van der Waals surface area contributed by atoms with Gasteiger partial charge >= 0.3 is 0 Å². The van der Waals surface area contributed by atoms with Gasteiger partial charge < -0.3 is 15.0 Å². The van der Waals surface area contributed by atoms with Gasteiger partial charge in [0.05, 0.1) is 12.2 Å². The lowest BCUT2D eigenvalue weighted by Gasteiger charge is -2.13. The molecule has 1 fully saturated rings.